The number of ether oxygens (including phenoxy) is 1. The Bertz CT molecular complexity index is 717. The number of nitrogens with one attached hydrogen (secondary N) is 3. The Morgan fingerprint density at radius 1 is 1.08 bits per heavy atom. The van der Waals surface area contributed by atoms with Gasteiger partial charge in [0.15, 0.2) is 0 Å². The Hall–Kier alpha value is -3.02. The standard InChI is InChI=1S/C19H23N3O3/c1-14-8-9-16(12-18(14)22-15(2)23)21-13-19(24)20-10-11-25-17-6-4-3-5-7-17/h3-9,12,21H,10-11,13H2,1-2H3,(H,20,24)(H,22,23). The van der Waals surface area contributed by atoms with Gasteiger partial charge in [0.2, 0.25) is 11.8 Å². The minimum Gasteiger partial charge on any atom is -0.492 e. The highest BCUT2D eigenvalue weighted by molar-refractivity contribution is 5.90. The van der Waals surface area contributed by atoms with Crippen LogP contribution in [0.3, 0.4) is 0 Å². The van der Waals surface area contributed by atoms with E-state index in [0.717, 1.165) is 22.7 Å². The molecule has 0 saturated heterocycles. The molecule has 25 heavy (non-hydrogen) atoms. The molecule has 2 aromatic rings. The van der Waals surface area contributed by atoms with Gasteiger partial charge in [0.25, 0.3) is 0 Å². The van der Waals surface area contributed by atoms with Crippen molar-refractivity contribution in [3.05, 3.63) is 54.1 Å². The number of carbonyl (C=O) groups is 2. The number of anilines is 2. The Kier molecular flexibility index (Phi) is 6.83. The summed E-state index contributed by atoms with van der Waals surface area (Å²) in [5.74, 6) is 0.523. The van der Waals surface area contributed by atoms with Crippen molar-refractivity contribution >= 4 is 23.2 Å². The molecule has 3 N–H and O–H groups in total. The van der Waals surface area contributed by atoms with E-state index in [4.69, 9.17) is 4.74 Å². The highest BCUT2D eigenvalue weighted by Crippen LogP contribution is 2.20. The molecule has 6 nitrogen and oxygen atoms in total. The predicted octanol–water partition coefficient (Wildman–Crippen LogP) is 2.56. The molecule has 0 aliphatic rings. The van der Waals surface area contributed by atoms with Crippen molar-refractivity contribution in [1.29, 1.82) is 0 Å². The molecular weight excluding hydrogens is 318 g/mol. The summed E-state index contributed by atoms with van der Waals surface area (Å²) in [7, 11) is 0. The summed E-state index contributed by atoms with van der Waals surface area (Å²) < 4.78 is 5.51. The van der Waals surface area contributed by atoms with Crippen LogP contribution in [0.4, 0.5) is 11.4 Å². The third kappa shape index (κ3) is 6.55. The van der Waals surface area contributed by atoms with E-state index in [-0.39, 0.29) is 18.4 Å². The number of hydrogen-bond acceptors (Lipinski definition) is 4. The zero-order valence-corrected chi connectivity index (χ0v) is 14.5. The minimum absolute atomic E-state index is 0.127. The summed E-state index contributed by atoms with van der Waals surface area (Å²) in [5, 5.41) is 8.59. The number of amides is 2. The SMILES string of the molecule is CC(=O)Nc1cc(NCC(=O)NCCOc2ccccc2)ccc1C. The summed E-state index contributed by atoms with van der Waals surface area (Å²) in [6.45, 7) is 4.36. The number of para-hydroxylation sites is 1. The summed E-state index contributed by atoms with van der Waals surface area (Å²) in [6.07, 6.45) is 0. The zero-order chi connectivity index (χ0) is 18.1. The maximum atomic E-state index is 11.9. The molecule has 0 spiro atoms. The molecule has 0 aliphatic carbocycles. The summed E-state index contributed by atoms with van der Waals surface area (Å²) in [4.78, 5) is 23.0. The van der Waals surface area contributed by atoms with Gasteiger partial charge in [-0.1, -0.05) is 24.3 Å². The highest BCUT2D eigenvalue weighted by Gasteiger charge is 2.04. The van der Waals surface area contributed by atoms with Crippen molar-refractivity contribution in [3.8, 4) is 5.75 Å². The first kappa shape index (κ1) is 18.3. The van der Waals surface area contributed by atoms with Crippen molar-refractivity contribution in [2.45, 2.75) is 13.8 Å². The van der Waals surface area contributed by atoms with Crippen LogP contribution in [0, 0.1) is 6.92 Å². The van der Waals surface area contributed by atoms with Crippen LogP contribution in [-0.4, -0.2) is 31.5 Å². The second-order valence-electron chi connectivity index (χ2n) is 5.58. The molecule has 0 aliphatic heterocycles. The lowest BCUT2D eigenvalue weighted by atomic mass is 10.1. The summed E-state index contributed by atoms with van der Waals surface area (Å²) in [5.41, 5.74) is 2.46. The van der Waals surface area contributed by atoms with Crippen molar-refractivity contribution in [2.75, 3.05) is 30.3 Å². The quantitative estimate of drug-likeness (QED) is 0.645. The minimum atomic E-state index is -0.128. The van der Waals surface area contributed by atoms with Crippen LogP contribution in [-0.2, 0) is 9.59 Å². The lowest BCUT2D eigenvalue weighted by molar-refractivity contribution is -0.119. The van der Waals surface area contributed by atoms with Gasteiger partial charge in [-0.25, -0.2) is 0 Å². The molecule has 0 fully saturated rings. The smallest absolute Gasteiger partial charge is 0.239 e. The van der Waals surface area contributed by atoms with Crippen LogP contribution < -0.4 is 20.7 Å². The number of hydrogen-bond donors (Lipinski definition) is 3. The second kappa shape index (κ2) is 9.32. The maximum absolute atomic E-state index is 11.9. The van der Waals surface area contributed by atoms with Crippen LogP contribution in [0.2, 0.25) is 0 Å². The first-order valence-corrected chi connectivity index (χ1v) is 8.11. The third-order valence-electron chi connectivity index (χ3n) is 3.44. The molecule has 0 heterocycles. The summed E-state index contributed by atoms with van der Waals surface area (Å²) >= 11 is 0. The second-order valence-corrected chi connectivity index (χ2v) is 5.58. The van der Waals surface area contributed by atoms with Crippen LogP contribution in [0.25, 0.3) is 0 Å². The fourth-order valence-corrected chi connectivity index (χ4v) is 2.18. The average Bonchev–Trinajstić information content (AvgIpc) is 2.60. The molecular formula is C19H23N3O3. The van der Waals surface area contributed by atoms with Gasteiger partial charge >= 0.3 is 0 Å². The first-order valence-electron chi connectivity index (χ1n) is 8.11. The van der Waals surface area contributed by atoms with Crippen LogP contribution >= 0.6 is 0 Å². The zero-order valence-electron chi connectivity index (χ0n) is 14.5. The van der Waals surface area contributed by atoms with Gasteiger partial charge in [-0.3, -0.25) is 9.59 Å². The fourth-order valence-electron chi connectivity index (χ4n) is 2.18. The average molecular weight is 341 g/mol. The van der Waals surface area contributed by atoms with Crippen LogP contribution in [0.15, 0.2) is 48.5 Å². The lowest BCUT2D eigenvalue weighted by Crippen LogP contribution is -2.33. The third-order valence-corrected chi connectivity index (χ3v) is 3.44. The Labute approximate surface area is 147 Å². The molecule has 0 aromatic heterocycles. The number of rotatable bonds is 8. The van der Waals surface area contributed by atoms with Gasteiger partial charge in [0.05, 0.1) is 13.1 Å². The van der Waals surface area contributed by atoms with Gasteiger partial charge in [-0.2, -0.15) is 0 Å². The van der Waals surface area contributed by atoms with Crippen molar-refractivity contribution < 1.29 is 14.3 Å². The Morgan fingerprint density at radius 3 is 2.56 bits per heavy atom. The molecule has 0 unspecified atom stereocenters. The molecule has 2 rings (SSSR count). The van der Waals surface area contributed by atoms with Crippen LogP contribution in [0.1, 0.15) is 12.5 Å². The molecule has 0 bridgehead atoms. The number of aryl methyl sites for hydroxylation is 1. The molecule has 0 radical (unpaired) electrons. The molecule has 2 amide bonds. The fraction of sp³-hybridized carbons (Fsp3) is 0.263. The largest absolute Gasteiger partial charge is 0.492 e. The van der Waals surface area contributed by atoms with Gasteiger partial charge in [-0.15, -0.1) is 0 Å². The molecule has 6 heteroatoms. The lowest BCUT2D eigenvalue weighted by Gasteiger charge is -2.12. The van der Waals surface area contributed by atoms with E-state index in [9.17, 15) is 9.59 Å². The maximum Gasteiger partial charge on any atom is 0.239 e. The van der Waals surface area contributed by atoms with Gasteiger partial charge < -0.3 is 20.7 Å². The normalized spacial score (nSPS) is 10.0. The van der Waals surface area contributed by atoms with E-state index in [1.54, 1.807) is 0 Å². The Morgan fingerprint density at radius 2 is 1.84 bits per heavy atom. The van der Waals surface area contributed by atoms with Crippen molar-refractivity contribution in [2.24, 2.45) is 0 Å². The molecule has 0 atom stereocenters. The van der Waals surface area contributed by atoms with Gasteiger partial charge in [0, 0.05) is 18.3 Å². The van der Waals surface area contributed by atoms with E-state index >= 15 is 0 Å². The molecule has 132 valence electrons. The first-order chi connectivity index (χ1) is 12.0. The Balaban J connectivity index is 1.71. The predicted molar refractivity (Wildman–Crippen MR) is 98.9 cm³/mol. The summed E-state index contributed by atoms with van der Waals surface area (Å²) in [6, 6.07) is 15.0. The number of carbonyl (C=O) groups excluding carboxylic acids is 2. The molecule has 0 saturated carbocycles. The van der Waals surface area contributed by atoms with Crippen molar-refractivity contribution in [1.82, 2.24) is 5.32 Å². The topological polar surface area (TPSA) is 79.5 Å². The highest BCUT2D eigenvalue weighted by atomic mass is 16.5. The van der Waals surface area contributed by atoms with Gasteiger partial charge in [0.1, 0.15) is 12.4 Å². The van der Waals surface area contributed by atoms with E-state index in [1.165, 1.54) is 6.92 Å². The molecule has 2 aromatic carbocycles. The van der Waals surface area contributed by atoms with Crippen LogP contribution in [0.5, 0.6) is 5.75 Å². The van der Waals surface area contributed by atoms with Gasteiger partial charge in [-0.05, 0) is 36.8 Å². The van der Waals surface area contributed by atoms with E-state index in [1.807, 2.05) is 55.5 Å². The number of benzene rings is 2. The monoisotopic (exact) mass is 341 g/mol. The van der Waals surface area contributed by atoms with E-state index in [2.05, 4.69) is 16.0 Å². The van der Waals surface area contributed by atoms with Crippen molar-refractivity contribution in [3.63, 3.8) is 0 Å². The van der Waals surface area contributed by atoms with E-state index < -0.39 is 0 Å². The van der Waals surface area contributed by atoms with E-state index in [0.29, 0.717) is 13.2 Å².